The molecule has 0 aliphatic carbocycles. The monoisotopic (exact) mass is 332 g/mol. The average Bonchev–Trinajstić information content (AvgIpc) is 2.39. The highest BCUT2D eigenvalue weighted by Crippen LogP contribution is 2.43. The molecule has 0 saturated carbocycles. The van der Waals surface area contributed by atoms with Gasteiger partial charge in [0.05, 0.1) is 6.10 Å². The van der Waals surface area contributed by atoms with E-state index >= 15 is 0 Å². The lowest BCUT2D eigenvalue weighted by Gasteiger charge is -2.31. The highest BCUT2D eigenvalue weighted by Gasteiger charge is 2.29. The lowest BCUT2D eigenvalue weighted by molar-refractivity contribution is 0.0651. The van der Waals surface area contributed by atoms with Crippen LogP contribution in [-0.2, 0) is 0 Å². The number of fused-ring (bicyclic) bond motifs is 1. The Morgan fingerprint density at radius 1 is 1.15 bits per heavy atom. The Bertz CT molecular complexity index is 631. The fourth-order valence-corrected chi connectivity index (χ4v) is 3.31. The van der Waals surface area contributed by atoms with Crippen molar-refractivity contribution in [2.24, 2.45) is 0 Å². The van der Waals surface area contributed by atoms with Crippen molar-refractivity contribution in [3.05, 3.63) is 63.1 Å². The Morgan fingerprint density at radius 2 is 1.85 bits per heavy atom. The largest absolute Gasteiger partial charge is 0.485 e. The fraction of sp³-hybridized carbons (Fsp3) is 0.294. The quantitative estimate of drug-likeness (QED) is 0.825. The lowest BCUT2D eigenvalue weighted by Crippen LogP contribution is -2.20. The number of aliphatic hydroxyl groups excluding tert-OH is 1. The van der Waals surface area contributed by atoms with Gasteiger partial charge in [-0.1, -0.05) is 34.1 Å². The van der Waals surface area contributed by atoms with Gasteiger partial charge in [0.2, 0.25) is 0 Å². The summed E-state index contributed by atoms with van der Waals surface area (Å²) in [4.78, 5) is 0. The van der Waals surface area contributed by atoms with Crippen LogP contribution in [0.3, 0.4) is 0 Å². The molecule has 1 heterocycles. The molecule has 2 nitrogen and oxygen atoms in total. The van der Waals surface area contributed by atoms with E-state index in [0.29, 0.717) is 6.42 Å². The summed E-state index contributed by atoms with van der Waals surface area (Å²) in [5, 5.41) is 10.4. The Labute approximate surface area is 127 Å². The molecule has 3 rings (SSSR count). The van der Waals surface area contributed by atoms with E-state index in [9.17, 15) is 5.11 Å². The van der Waals surface area contributed by atoms with Gasteiger partial charge in [0, 0.05) is 16.5 Å². The molecule has 0 aromatic heterocycles. The van der Waals surface area contributed by atoms with E-state index in [1.165, 1.54) is 16.7 Å². The molecule has 2 aromatic rings. The van der Waals surface area contributed by atoms with Crippen molar-refractivity contribution in [3.8, 4) is 5.75 Å². The van der Waals surface area contributed by atoms with Crippen molar-refractivity contribution in [1.29, 1.82) is 0 Å². The normalized spacial score (nSPS) is 21.2. The Kier molecular flexibility index (Phi) is 3.57. The maximum Gasteiger partial charge on any atom is 0.127 e. The first-order valence-electron chi connectivity index (χ1n) is 6.76. The molecule has 2 atom stereocenters. The van der Waals surface area contributed by atoms with Crippen LogP contribution in [0.25, 0.3) is 0 Å². The number of hydrogen-bond acceptors (Lipinski definition) is 2. The van der Waals surface area contributed by atoms with Gasteiger partial charge in [-0.25, -0.2) is 0 Å². The second kappa shape index (κ2) is 5.23. The zero-order valence-electron chi connectivity index (χ0n) is 11.6. The molecule has 0 saturated heterocycles. The van der Waals surface area contributed by atoms with Gasteiger partial charge in [-0.2, -0.15) is 0 Å². The first kappa shape index (κ1) is 13.7. The molecule has 1 N–H and O–H groups in total. The van der Waals surface area contributed by atoms with Crippen molar-refractivity contribution in [1.82, 2.24) is 0 Å². The molecule has 0 bridgehead atoms. The minimum atomic E-state index is -0.486. The van der Waals surface area contributed by atoms with Crippen LogP contribution in [0.1, 0.15) is 40.9 Å². The maximum absolute atomic E-state index is 10.4. The zero-order valence-corrected chi connectivity index (χ0v) is 13.1. The highest BCUT2D eigenvalue weighted by molar-refractivity contribution is 9.10. The number of benzene rings is 2. The summed E-state index contributed by atoms with van der Waals surface area (Å²) in [5.41, 5.74) is 4.48. The third kappa shape index (κ3) is 2.36. The minimum absolute atomic E-state index is 0.0834. The van der Waals surface area contributed by atoms with Gasteiger partial charge in [-0.3, -0.25) is 0 Å². The number of aryl methyl sites for hydroxylation is 2. The standard InChI is InChI=1S/C17H17BrO2/c1-10-4-3-5-11(2)17(10)16-9-14(19)13-8-12(18)6-7-15(13)20-16/h3-8,14,16,19H,9H2,1-2H3/t14-,16?/m1/s1. The molecule has 1 aliphatic rings. The van der Waals surface area contributed by atoms with E-state index in [0.717, 1.165) is 15.8 Å². The Balaban J connectivity index is 2.01. The van der Waals surface area contributed by atoms with Gasteiger partial charge in [-0.05, 0) is 48.7 Å². The smallest absolute Gasteiger partial charge is 0.127 e. The summed E-state index contributed by atoms with van der Waals surface area (Å²) >= 11 is 3.43. The number of ether oxygens (including phenoxy) is 1. The lowest BCUT2D eigenvalue weighted by atomic mass is 9.90. The van der Waals surface area contributed by atoms with E-state index in [4.69, 9.17) is 4.74 Å². The zero-order chi connectivity index (χ0) is 14.3. The first-order valence-corrected chi connectivity index (χ1v) is 7.56. The molecule has 2 aromatic carbocycles. The number of halogens is 1. The fourth-order valence-electron chi connectivity index (χ4n) is 2.93. The predicted octanol–water partition coefficient (Wildman–Crippen LogP) is 4.62. The molecule has 0 spiro atoms. The van der Waals surface area contributed by atoms with Crippen LogP contribution < -0.4 is 4.74 Å². The molecule has 0 fully saturated rings. The van der Waals surface area contributed by atoms with Gasteiger partial charge in [0.1, 0.15) is 11.9 Å². The van der Waals surface area contributed by atoms with Crippen molar-refractivity contribution in [2.75, 3.05) is 0 Å². The topological polar surface area (TPSA) is 29.5 Å². The SMILES string of the molecule is Cc1cccc(C)c1C1C[C@@H](O)c2cc(Br)ccc2O1. The molecule has 0 radical (unpaired) electrons. The van der Waals surface area contributed by atoms with E-state index in [2.05, 4.69) is 48.0 Å². The second-order valence-corrected chi connectivity index (χ2v) is 6.26. The second-order valence-electron chi connectivity index (χ2n) is 5.35. The predicted molar refractivity (Wildman–Crippen MR) is 83.0 cm³/mol. The third-order valence-corrected chi connectivity index (χ3v) is 4.39. The average molecular weight is 333 g/mol. The number of aliphatic hydroxyl groups is 1. The van der Waals surface area contributed by atoms with Crippen LogP contribution in [-0.4, -0.2) is 5.11 Å². The first-order chi connectivity index (χ1) is 9.56. The van der Waals surface area contributed by atoms with E-state index < -0.39 is 6.10 Å². The van der Waals surface area contributed by atoms with Crippen molar-refractivity contribution < 1.29 is 9.84 Å². The molecule has 20 heavy (non-hydrogen) atoms. The van der Waals surface area contributed by atoms with Crippen LogP contribution in [0.15, 0.2) is 40.9 Å². The van der Waals surface area contributed by atoms with Crippen LogP contribution in [0.5, 0.6) is 5.75 Å². The van der Waals surface area contributed by atoms with Crippen molar-refractivity contribution in [3.63, 3.8) is 0 Å². The van der Waals surface area contributed by atoms with E-state index in [-0.39, 0.29) is 6.10 Å². The van der Waals surface area contributed by atoms with Gasteiger partial charge in [0.25, 0.3) is 0 Å². The van der Waals surface area contributed by atoms with Gasteiger partial charge < -0.3 is 9.84 Å². The number of hydrogen-bond donors (Lipinski definition) is 1. The summed E-state index contributed by atoms with van der Waals surface area (Å²) in [5.74, 6) is 0.777. The van der Waals surface area contributed by atoms with Crippen LogP contribution in [0, 0.1) is 13.8 Å². The van der Waals surface area contributed by atoms with Gasteiger partial charge in [-0.15, -0.1) is 0 Å². The molecule has 3 heteroatoms. The van der Waals surface area contributed by atoms with Crippen molar-refractivity contribution >= 4 is 15.9 Å². The van der Waals surface area contributed by atoms with Crippen LogP contribution >= 0.6 is 15.9 Å². The van der Waals surface area contributed by atoms with Gasteiger partial charge >= 0.3 is 0 Å². The van der Waals surface area contributed by atoms with E-state index in [1.807, 2.05) is 18.2 Å². The molecule has 0 amide bonds. The van der Waals surface area contributed by atoms with Gasteiger partial charge in [0.15, 0.2) is 0 Å². The Hall–Kier alpha value is -1.32. The summed E-state index contributed by atoms with van der Waals surface area (Å²) in [6, 6.07) is 12.0. The van der Waals surface area contributed by atoms with Crippen LogP contribution in [0.2, 0.25) is 0 Å². The third-order valence-electron chi connectivity index (χ3n) is 3.90. The van der Waals surface area contributed by atoms with Crippen LogP contribution in [0.4, 0.5) is 0 Å². The summed E-state index contributed by atoms with van der Waals surface area (Å²) in [6.07, 6.45) is 0.0231. The Morgan fingerprint density at radius 3 is 2.55 bits per heavy atom. The summed E-state index contributed by atoms with van der Waals surface area (Å²) < 4.78 is 7.09. The molecule has 1 aliphatic heterocycles. The van der Waals surface area contributed by atoms with Crippen molar-refractivity contribution in [2.45, 2.75) is 32.5 Å². The summed E-state index contributed by atoms with van der Waals surface area (Å²) in [7, 11) is 0. The summed E-state index contributed by atoms with van der Waals surface area (Å²) in [6.45, 7) is 4.18. The van der Waals surface area contributed by atoms with E-state index in [1.54, 1.807) is 0 Å². The molecular weight excluding hydrogens is 316 g/mol. The molecular formula is C17H17BrO2. The molecule has 104 valence electrons. The maximum atomic E-state index is 10.4. The highest BCUT2D eigenvalue weighted by atomic mass is 79.9. The minimum Gasteiger partial charge on any atom is -0.485 e. The number of rotatable bonds is 1. The molecule has 1 unspecified atom stereocenters.